The number of rotatable bonds is 6. The number of nitrogens with two attached hydrogens (primary N) is 1. The fourth-order valence-corrected chi connectivity index (χ4v) is 1.45. The van der Waals surface area contributed by atoms with Gasteiger partial charge in [0, 0.05) is 17.7 Å². The van der Waals surface area contributed by atoms with E-state index in [9.17, 15) is 13.2 Å². The first-order valence-electron chi connectivity index (χ1n) is 5.60. The van der Waals surface area contributed by atoms with Crippen LogP contribution in [0.25, 0.3) is 0 Å². The quantitative estimate of drug-likeness (QED) is 0.813. The van der Waals surface area contributed by atoms with E-state index in [2.05, 4.69) is 4.74 Å². The average molecular weight is 279 g/mol. The molecule has 7 heteroatoms. The van der Waals surface area contributed by atoms with Gasteiger partial charge in [-0.05, 0) is 13.0 Å². The van der Waals surface area contributed by atoms with Gasteiger partial charge in [0.15, 0.2) is 0 Å². The van der Waals surface area contributed by atoms with Crippen molar-refractivity contribution in [1.82, 2.24) is 0 Å². The molecule has 1 rings (SSSR count). The molecular formula is C12H16F3NO3. The molecule has 0 unspecified atom stereocenters. The number of alkyl halides is 3. The van der Waals surface area contributed by atoms with Gasteiger partial charge in [-0.15, -0.1) is 13.2 Å². The van der Waals surface area contributed by atoms with Crippen LogP contribution in [-0.4, -0.2) is 26.7 Å². The molecule has 1 aromatic carbocycles. The monoisotopic (exact) mass is 279 g/mol. The van der Waals surface area contributed by atoms with Crippen LogP contribution in [0, 0.1) is 0 Å². The van der Waals surface area contributed by atoms with Gasteiger partial charge in [0.05, 0.1) is 13.7 Å². The van der Waals surface area contributed by atoms with Gasteiger partial charge in [-0.1, -0.05) is 6.07 Å². The maximum Gasteiger partial charge on any atom is 0.522 e. The van der Waals surface area contributed by atoms with Gasteiger partial charge in [0.2, 0.25) is 0 Å². The van der Waals surface area contributed by atoms with E-state index in [1.807, 2.05) is 0 Å². The first kappa shape index (κ1) is 15.6. The summed E-state index contributed by atoms with van der Waals surface area (Å²) in [7, 11) is 1.48. The number of ether oxygens (including phenoxy) is 3. The summed E-state index contributed by atoms with van der Waals surface area (Å²) >= 11 is 0. The lowest BCUT2D eigenvalue weighted by atomic mass is 10.1. The Morgan fingerprint density at radius 1 is 1.26 bits per heavy atom. The molecule has 0 aromatic heterocycles. The minimum absolute atomic E-state index is 0.230. The molecule has 4 nitrogen and oxygen atoms in total. The Morgan fingerprint density at radius 3 is 2.47 bits per heavy atom. The number of hydrogen-bond acceptors (Lipinski definition) is 4. The Kier molecular flexibility index (Phi) is 5.44. The second-order valence-electron chi connectivity index (χ2n) is 3.84. The zero-order chi connectivity index (χ0) is 14.5. The van der Waals surface area contributed by atoms with Crippen molar-refractivity contribution in [2.45, 2.75) is 19.3 Å². The second-order valence-corrected chi connectivity index (χ2v) is 3.84. The summed E-state index contributed by atoms with van der Waals surface area (Å²) in [6.07, 6.45) is -4.65. The van der Waals surface area contributed by atoms with Gasteiger partial charge in [-0.3, -0.25) is 4.74 Å². The lowest BCUT2D eigenvalue weighted by molar-refractivity contribution is -0.325. The van der Waals surface area contributed by atoms with Crippen molar-refractivity contribution >= 4 is 0 Å². The summed E-state index contributed by atoms with van der Waals surface area (Å²) in [5, 5.41) is 0. The maximum atomic E-state index is 11.8. The molecule has 0 aliphatic rings. The molecule has 19 heavy (non-hydrogen) atoms. The fraction of sp³-hybridized carbons (Fsp3) is 0.500. The lowest BCUT2D eigenvalue weighted by Crippen LogP contribution is -2.18. The van der Waals surface area contributed by atoms with Gasteiger partial charge in [0.25, 0.3) is 0 Å². The van der Waals surface area contributed by atoms with Gasteiger partial charge in [0.1, 0.15) is 18.1 Å². The summed E-state index contributed by atoms with van der Waals surface area (Å²) in [5.41, 5.74) is 6.44. The highest BCUT2D eigenvalue weighted by Gasteiger charge is 2.28. The first-order chi connectivity index (χ1) is 8.83. The van der Waals surface area contributed by atoms with E-state index >= 15 is 0 Å². The third kappa shape index (κ3) is 5.35. The Labute approximate surface area is 109 Å². The third-order valence-corrected chi connectivity index (χ3v) is 2.32. The molecule has 0 heterocycles. The summed E-state index contributed by atoms with van der Waals surface area (Å²) < 4.78 is 49.3. The summed E-state index contributed by atoms with van der Waals surface area (Å²) in [6.45, 7) is 0.937. The second kappa shape index (κ2) is 6.63. The van der Waals surface area contributed by atoms with Crippen molar-refractivity contribution in [3.05, 3.63) is 23.8 Å². The van der Waals surface area contributed by atoms with Crippen LogP contribution in [0.4, 0.5) is 13.2 Å². The maximum absolute atomic E-state index is 11.8. The molecule has 0 aliphatic carbocycles. The Bertz CT molecular complexity index is 408. The predicted molar refractivity (Wildman–Crippen MR) is 63.1 cm³/mol. The van der Waals surface area contributed by atoms with Crippen molar-refractivity contribution in [3.63, 3.8) is 0 Å². The smallest absolute Gasteiger partial charge is 0.497 e. The number of hydrogen-bond donors (Lipinski definition) is 1. The van der Waals surface area contributed by atoms with Gasteiger partial charge in [-0.2, -0.15) is 0 Å². The number of halogens is 3. The van der Waals surface area contributed by atoms with Gasteiger partial charge >= 0.3 is 6.36 Å². The summed E-state index contributed by atoms with van der Waals surface area (Å²) in [4.78, 5) is 0. The molecule has 0 fully saturated rings. The van der Waals surface area contributed by atoms with Crippen molar-refractivity contribution in [1.29, 1.82) is 0 Å². The van der Waals surface area contributed by atoms with E-state index < -0.39 is 13.0 Å². The Morgan fingerprint density at radius 2 is 1.95 bits per heavy atom. The van der Waals surface area contributed by atoms with Gasteiger partial charge in [-0.25, -0.2) is 0 Å². The SMILES string of the molecule is COc1ccc([C@@H](C)N)c(OCCOC(F)(F)F)c1. The van der Waals surface area contributed by atoms with Crippen molar-refractivity contribution in [2.24, 2.45) is 5.73 Å². The van der Waals surface area contributed by atoms with Gasteiger partial charge < -0.3 is 15.2 Å². The lowest BCUT2D eigenvalue weighted by Gasteiger charge is -2.15. The topological polar surface area (TPSA) is 53.7 Å². The number of benzene rings is 1. The van der Waals surface area contributed by atoms with Crippen molar-refractivity contribution in [3.8, 4) is 11.5 Å². The normalized spacial score (nSPS) is 13.2. The highest BCUT2D eigenvalue weighted by molar-refractivity contribution is 5.42. The molecule has 2 N–H and O–H groups in total. The molecule has 0 aliphatic heterocycles. The van der Waals surface area contributed by atoms with E-state index in [4.69, 9.17) is 15.2 Å². The molecule has 0 amide bonds. The largest absolute Gasteiger partial charge is 0.522 e. The highest BCUT2D eigenvalue weighted by atomic mass is 19.4. The number of methoxy groups -OCH3 is 1. The van der Waals surface area contributed by atoms with Crippen LogP contribution in [0.1, 0.15) is 18.5 Å². The highest BCUT2D eigenvalue weighted by Crippen LogP contribution is 2.28. The van der Waals surface area contributed by atoms with E-state index in [-0.39, 0.29) is 12.6 Å². The van der Waals surface area contributed by atoms with Crippen LogP contribution in [0.15, 0.2) is 18.2 Å². The van der Waals surface area contributed by atoms with E-state index in [1.54, 1.807) is 25.1 Å². The predicted octanol–water partition coefficient (Wildman–Crippen LogP) is 2.63. The van der Waals surface area contributed by atoms with E-state index in [0.717, 1.165) is 0 Å². The van der Waals surface area contributed by atoms with Crippen molar-refractivity contribution < 1.29 is 27.4 Å². The zero-order valence-corrected chi connectivity index (χ0v) is 10.7. The molecule has 0 saturated heterocycles. The molecule has 1 atom stereocenters. The van der Waals surface area contributed by atoms with Crippen LogP contribution in [0.5, 0.6) is 11.5 Å². The molecule has 108 valence electrons. The van der Waals surface area contributed by atoms with Crippen molar-refractivity contribution in [2.75, 3.05) is 20.3 Å². The van der Waals surface area contributed by atoms with Crippen LogP contribution in [-0.2, 0) is 4.74 Å². The summed E-state index contributed by atoms with van der Waals surface area (Å²) in [5.74, 6) is 0.927. The first-order valence-corrected chi connectivity index (χ1v) is 5.60. The standard InChI is InChI=1S/C12H16F3NO3/c1-8(16)10-4-3-9(17-2)7-11(10)18-5-6-19-12(13,14)15/h3-4,7-8H,5-6,16H2,1-2H3/t8-/m1/s1. The Balaban J connectivity index is 2.65. The molecule has 0 radical (unpaired) electrons. The molecule has 0 spiro atoms. The minimum atomic E-state index is -4.65. The molecule has 1 aromatic rings. The molecule has 0 bridgehead atoms. The summed E-state index contributed by atoms with van der Waals surface area (Å²) in [6, 6.07) is 4.69. The van der Waals surface area contributed by atoms with Crippen LogP contribution >= 0.6 is 0 Å². The van der Waals surface area contributed by atoms with E-state index in [1.165, 1.54) is 7.11 Å². The zero-order valence-electron chi connectivity index (χ0n) is 10.7. The minimum Gasteiger partial charge on any atom is -0.497 e. The van der Waals surface area contributed by atoms with Crippen LogP contribution in [0.2, 0.25) is 0 Å². The Hall–Kier alpha value is -1.47. The van der Waals surface area contributed by atoms with E-state index in [0.29, 0.717) is 17.1 Å². The third-order valence-electron chi connectivity index (χ3n) is 2.32. The van der Waals surface area contributed by atoms with Crippen LogP contribution < -0.4 is 15.2 Å². The molecule has 0 saturated carbocycles. The average Bonchev–Trinajstić information content (AvgIpc) is 2.33. The fourth-order valence-electron chi connectivity index (χ4n) is 1.45. The molecular weight excluding hydrogens is 263 g/mol. The van der Waals surface area contributed by atoms with Crippen LogP contribution in [0.3, 0.4) is 0 Å².